The van der Waals surface area contributed by atoms with Crippen molar-refractivity contribution in [2.75, 3.05) is 37.2 Å². The molecule has 0 radical (unpaired) electrons. The summed E-state index contributed by atoms with van der Waals surface area (Å²) < 4.78 is 1.08. The predicted molar refractivity (Wildman–Crippen MR) is 144 cm³/mol. The van der Waals surface area contributed by atoms with Crippen molar-refractivity contribution >= 4 is 45.1 Å². The lowest BCUT2D eigenvalue weighted by Gasteiger charge is -2.48. The summed E-state index contributed by atoms with van der Waals surface area (Å²) in [7, 11) is 0. The number of nitrogens with zero attached hydrogens (tertiary/aromatic N) is 3. The number of non-ortho nitro benzene ring substituents is 1. The van der Waals surface area contributed by atoms with Crippen LogP contribution < -0.4 is 20.9 Å². The van der Waals surface area contributed by atoms with E-state index >= 15 is 0 Å². The Kier molecular flexibility index (Phi) is 6.99. The molecule has 2 aliphatic rings. The molecular weight excluding hydrogens is 476 g/mol. The van der Waals surface area contributed by atoms with Crippen LogP contribution in [0.25, 0.3) is 0 Å². The maximum absolute atomic E-state index is 12.9. The summed E-state index contributed by atoms with van der Waals surface area (Å²) in [5.41, 5.74) is 8.59. The van der Waals surface area contributed by atoms with Crippen LogP contribution in [0.4, 0.5) is 28.0 Å². The van der Waals surface area contributed by atoms with E-state index in [-0.39, 0.29) is 17.3 Å². The Morgan fingerprint density at radius 2 is 1.72 bits per heavy atom. The fourth-order valence-corrected chi connectivity index (χ4v) is 6.46. The van der Waals surface area contributed by atoms with Gasteiger partial charge in [-0.3, -0.25) is 19.4 Å². The fourth-order valence-electron chi connectivity index (χ4n) is 5.59. The van der Waals surface area contributed by atoms with Crippen LogP contribution in [0.5, 0.6) is 0 Å². The van der Waals surface area contributed by atoms with Crippen molar-refractivity contribution < 1.29 is 9.72 Å². The maximum atomic E-state index is 12.9. The lowest BCUT2D eigenvalue weighted by atomic mass is 9.95. The highest BCUT2D eigenvalue weighted by Gasteiger charge is 2.40. The number of nitro benzene ring substituents is 1. The standard InChI is InChI=1S/C26H30N6O3S/c27-25-24(23(33)18-4-8-20(9-5-18)31(34)35)36-26(30-25)29-19-6-10-21(11-7-19)32(16-2-1-3-17-32)22-12-14-28-15-13-22/h4-11,22,28H,1-3,12-17H2,(H2-,27,29,30,33)/p+1. The summed E-state index contributed by atoms with van der Waals surface area (Å²) in [6, 6.07) is 14.8. The molecule has 0 saturated carbocycles. The Labute approximate surface area is 214 Å². The lowest BCUT2D eigenvalue weighted by Crippen LogP contribution is -2.62. The number of likely N-dealkylation sites (tertiary alicyclic amines) is 1. The van der Waals surface area contributed by atoms with Crippen molar-refractivity contribution in [3.05, 3.63) is 69.1 Å². The second-order valence-electron chi connectivity index (χ2n) is 9.56. The van der Waals surface area contributed by atoms with Crippen LogP contribution in [0.2, 0.25) is 0 Å². The number of anilines is 3. The van der Waals surface area contributed by atoms with Crippen LogP contribution in [0.15, 0.2) is 48.5 Å². The first-order valence-electron chi connectivity index (χ1n) is 12.5. The van der Waals surface area contributed by atoms with Crippen molar-refractivity contribution in [1.29, 1.82) is 0 Å². The van der Waals surface area contributed by atoms with Gasteiger partial charge in [0.15, 0.2) is 5.13 Å². The molecule has 0 atom stereocenters. The number of ketones is 1. The van der Waals surface area contributed by atoms with Gasteiger partial charge in [0.1, 0.15) is 16.4 Å². The molecule has 0 unspecified atom stereocenters. The molecule has 2 aromatic carbocycles. The Morgan fingerprint density at radius 1 is 1.06 bits per heavy atom. The average Bonchev–Trinajstić information content (AvgIpc) is 3.29. The first kappa shape index (κ1) is 24.4. The van der Waals surface area contributed by atoms with Gasteiger partial charge in [-0.25, -0.2) is 4.98 Å². The van der Waals surface area contributed by atoms with Gasteiger partial charge in [-0.05, 0) is 43.5 Å². The SMILES string of the molecule is Nc1nc(Nc2ccc([N+]3(C4CCNCC4)CCCCC3)cc2)sc1C(=O)c1ccc([N+](=O)[O-])cc1. The molecule has 36 heavy (non-hydrogen) atoms. The van der Waals surface area contributed by atoms with E-state index in [4.69, 9.17) is 5.73 Å². The van der Waals surface area contributed by atoms with E-state index in [9.17, 15) is 14.9 Å². The molecule has 3 aromatic rings. The van der Waals surface area contributed by atoms with Crippen LogP contribution >= 0.6 is 11.3 Å². The van der Waals surface area contributed by atoms with Gasteiger partial charge in [0.25, 0.3) is 5.69 Å². The van der Waals surface area contributed by atoms with Crippen molar-refractivity contribution in [1.82, 2.24) is 14.8 Å². The second kappa shape index (κ2) is 10.3. The fraction of sp³-hybridized carbons (Fsp3) is 0.385. The van der Waals surface area contributed by atoms with E-state index in [0.29, 0.717) is 21.6 Å². The summed E-state index contributed by atoms with van der Waals surface area (Å²) in [5.74, 6) is -0.159. The van der Waals surface area contributed by atoms with E-state index in [1.165, 1.54) is 86.5 Å². The van der Waals surface area contributed by atoms with Gasteiger partial charge in [-0.1, -0.05) is 11.3 Å². The van der Waals surface area contributed by atoms with E-state index < -0.39 is 4.92 Å². The molecule has 5 rings (SSSR count). The third-order valence-corrected chi connectivity index (χ3v) is 8.44. The molecule has 9 nitrogen and oxygen atoms in total. The second-order valence-corrected chi connectivity index (χ2v) is 10.6. The molecule has 2 fully saturated rings. The first-order chi connectivity index (χ1) is 17.5. The highest BCUT2D eigenvalue weighted by atomic mass is 32.1. The highest BCUT2D eigenvalue weighted by Crippen LogP contribution is 2.36. The van der Waals surface area contributed by atoms with Gasteiger partial charge >= 0.3 is 0 Å². The zero-order valence-electron chi connectivity index (χ0n) is 20.1. The Morgan fingerprint density at radius 3 is 2.36 bits per heavy atom. The first-order valence-corrected chi connectivity index (χ1v) is 13.3. The highest BCUT2D eigenvalue weighted by molar-refractivity contribution is 7.18. The number of carbonyl (C=O) groups excluding carboxylic acids is 1. The van der Waals surface area contributed by atoms with Gasteiger partial charge in [0.2, 0.25) is 5.78 Å². The molecule has 0 spiro atoms. The van der Waals surface area contributed by atoms with Gasteiger partial charge in [-0.2, -0.15) is 0 Å². The minimum atomic E-state index is -0.496. The molecule has 3 heterocycles. The van der Waals surface area contributed by atoms with Crippen molar-refractivity contribution in [3.8, 4) is 0 Å². The van der Waals surface area contributed by atoms with Crippen LogP contribution in [0.1, 0.15) is 47.3 Å². The van der Waals surface area contributed by atoms with E-state index in [0.717, 1.165) is 23.3 Å². The minimum absolute atomic E-state index is 0.0663. The van der Waals surface area contributed by atoms with Gasteiger partial charge in [-0.15, -0.1) is 0 Å². The van der Waals surface area contributed by atoms with Gasteiger partial charge in [0, 0.05) is 61.4 Å². The van der Waals surface area contributed by atoms with E-state index in [1.807, 2.05) is 0 Å². The van der Waals surface area contributed by atoms with Crippen LogP contribution in [-0.2, 0) is 0 Å². The number of piperidine rings is 2. The zero-order valence-corrected chi connectivity index (χ0v) is 20.9. The molecule has 1 aromatic heterocycles. The summed E-state index contributed by atoms with van der Waals surface area (Å²) in [5, 5.41) is 18.2. The number of nitrogens with two attached hydrogens (primary N) is 1. The molecule has 10 heteroatoms. The molecule has 4 N–H and O–H groups in total. The van der Waals surface area contributed by atoms with Gasteiger partial charge < -0.3 is 16.4 Å². The van der Waals surface area contributed by atoms with Crippen LogP contribution in [-0.4, -0.2) is 47.9 Å². The average molecular weight is 508 g/mol. The summed E-state index contributed by atoms with van der Waals surface area (Å²) >= 11 is 1.18. The van der Waals surface area contributed by atoms with Crippen molar-refractivity contribution in [3.63, 3.8) is 0 Å². The number of nitro groups is 1. The Balaban J connectivity index is 1.32. The monoisotopic (exact) mass is 507 g/mol. The minimum Gasteiger partial charge on any atom is -0.382 e. The zero-order chi connectivity index (χ0) is 25.1. The van der Waals surface area contributed by atoms with E-state index in [1.54, 1.807) is 0 Å². The lowest BCUT2D eigenvalue weighted by molar-refractivity contribution is -0.384. The predicted octanol–water partition coefficient (Wildman–Crippen LogP) is 4.85. The molecule has 2 aliphatic heterocycles. The third-order valence-electron chi connectivity index (χ3n) is 7.45. The normalized spacial score (nSPS) is 18.0. The Bertz CT molecular complexity index is 1230. The number of carbonyl (C=O) groups is 1. The van der Waals surface area contributed by atoms with E-state index in [2.05, 4.69) is 39.9 Å². The number of rotatable bonds is 7. The number of hydrogen-bond donors (Lipinski definition) is 3. The molecule has 188 valence electrons. The number of aromatic nitrogens is 1. The number of quaternary nitrogens is 1. The largest absolute Gasteiger partial charge is 0.382 e. The molecule has 2 saturated heterocycles. The number of thiazole rings is 1. The van der Waals surface area contributed by atoms with Crippen molar-refractivity contribution in [2.45, 2.75) is 38.1 Å². The summed E-state index contributed by atoms with van der Waals surface area (Å²) in [4.78, 5) is 27.9. The molecule has 0 bridgehead atoms. The van der Waals surface area contributed by atoms with Gasteiger partial charge in [0.05, 0.1) is 24.1 Å². The number of nitrogens with one attached hydrogen (secondary N) is 2. The van der Waals surface area contributed by atoms with Crippen molar-refractivity contribution in [2.24, 2.45) is 0 Å². The number of benzene rings is 2. The topological polar surface area (TPSA) is 123 Å². The quantitative estimate of drug-likeness (QED) is 0.181. The molecular formula is C26H31N6O3S+. The molecule has 0 amide bonds. The summed E-state index contributed by atoms with van der Waals surface area (Å²) in [6.45, 7) is 4.59. The maximum Gasteiger partial charge on any atom is 0.269 e. The summed E-state index contributed by atoms with van der Waals surface area (Å²) in [6.07, 6.45) is 6.28. The Hall–Kier alpha value is -3.34. The smallest absolute Gasteiger partial charge is 0.269 e. The third kappa shape index (κ3) is 4.84. The van der Waals surface area contributed by atoms with Crippen LogP contribution in [0.3, 0.4) is 0 Å². The number of nitrogen functional groups attached to an aromatic ring is 1. The van der Waals surface area contributed by atoms with Crippen LogP contribution in [0, 0.1) is 10.1 Å². The number of hydrogen-bond acceptors (Lipinski definition) is 8. The molecule has 0 aliphatic carbocycles.